The quantitative estimate of drug-likeness (QED) is 0.809. The Morgan fingerprint density at radius 2 is 1.78 bits per heavy atom. The third kappa shape index (κ3) is 4.50. The van der Waals surface area contributed by atoms with Crippen LogP contribution in [0.5, 0.6) is 0 Å². The highest BCUT2D eigenvalue weighted by atomic mass is 16.5. The molecule has 0 aromatic rings. The van der Waals surface area contributed by atoms with Crippen LogP contribution in [-0.2, 0) is 9.47 Å². The number of rotatable bonds is 5. The van der Waals surface area contributed by atoms with Gasteiger partial charge in [0.15, 0.2) is 0 Å². The van der Waals surface area contributed by atoms with E-state index in [9.17, 15) is 5.11 Å². The number of likely N-dealkylation sites (tertiary alicyclic amines) is 1. The molecule has 0 aliphatic carbocycles. The fraction of sp³-hybridized carbons (Fsp3) is 1.00. The van der Waals surface area contributed by atoms with Gasteiger partial charge in [0.1, 0.15) is 0 Å². The van der Waals surface area contributed by atoms with E-state index in [-0.39, 0.29) is 6.10 Å². The molecule has 0 amide bonds. The van der Waals surface area contributed by atoms with Crippen molar-refractivity contribution in [2.45, 2.75) is 57.3 Å². The minimum absolute atomic E-state index is 0.169. The van der Waals surface area contributed by atoms with E-state index in [0.717, 1.165) is 65.0 Å². The highest BCUT2D eigenvalue weighted by Crippen LogP contribution is 2.20. The zero-order chi connectivity index (χ0) is 12.8. The maximum Gasteiger partial charge on any atom is 0.0664 e. The fourth-order valence-corrected chi connectivity index (χ4v) is 2.74. The van der Waals surface area contributed by atoms with E-state index in [0.29, 0.717) is 12.2 Å². The number of aliphatic hydroxyl groups is 1. The molecular formula is C14H27NO3. The monoisotopic (exact) mass is 257 g/mol. The van der Waals surface area contributed by atoms with E-state index in [1.54, 1.807) is 0 Å². The van der Waals surface area contributed by atoms with E-state index in [4.69, 9.17) is 9.47 Å². The van der Waals surface area contributed by atoms with Gasteiger partial charge in [0.2, 0.25) is 0 Å². The third-order valence-electron chi connectivity index (χ3n) is 4.03. The number of ether oxygens (including phenoxy) is 2. The van der Waals surface area contributed by atoms with E-state index in [1.807, 2.05) is 6.92 Å². The van der Waals surface area contributed by atoms with E-state index in [2.05, 4.69) is 4.90 Å². The molecule has 2 aliphatic heterocycles. The molecule has 0 aromatic heterocycles. The second-order valence-electron chi connectivity index (χ2n) is 5.51. The Morgan fingerprint density at radius 3 is 2.39 bits per heavy atom. The maximum absolute atomic E-state index is 9.65. The lowest BCUT2D eigenvalue weighted by atomic mass is 10.1. The van der Waals surface area contributed by atoms with Crippen LogP contribution in [-0.4, -0.2) is 61.2 Å². The number of hydrogen-bond acceptors (Lipinski definition) is 4. The summed E-state index contributed by atoms with van der Waals surface area (Å²) >= 11 is 0. The van der Waals surface area contributed by atoms with Crippen molar-refractivity contribution in [2.75, 3.05) is 32.8 Å². The Balaban J connectivity index is 1.63. The van der Waals surface area contributed by atoms with Gasteiger partial charge >= 0.3 is 0 Å². The highest BCUT2D eigenvalue weighted by Gasteiger charge is 2.24. The van der Waals surface area contributed by atoms with Crippen molar-refractivity contribution in [1.29, 1.82) is 0 Å². The molecule has 0 aromatic carbocycles. The van der Waals surface area contributed by atoms with Gasteiger partial charge in [-0.05, 0) is 32.1 Å². The molecule has 2 fully saturated rings. The molecule has 4 nitrogen and oxygen atoms in total. The fourth-order valence-electron chi connectivity index (χ4n) is 2.74. The standard InChI is InChI=1S/C14H27NO3/c1-2-12(16)11-15-7-3-13(4-8-15)18-14-5-9-17-10-6-14/h12-14,16H,2-11H2,1H3/t12-/m0/s1. The SMILES string of the molecule is CC[C@H](O)CN1CCC(OC2CCOCC2)CC1. The van der Waals surface area contributed by atoms with Crippen LogP contribution in [0.3, 0.4) is 0 Å². The van der Waals surface area contributed by atoms with Crippen LogP contribution in [0.1, 0.15) is 39.0 Å². The van der Waals surface area contributed by atoms with Crippen molar-refractivity contribution < 1.29 is 14.6 Å². The van der Waals surface area contributed by atoms with Crippen LogP contribution >= 0.6 is 0 Å². The van der Waals surface area contributed by atoms with Crippen LogP contribution in [0.2, 0.25) is 0 Å². The first-order valence-electron chi connectivity index (χ1n) is 7.41. The molecule has 0 unspecified atom stereocenters. The summed E-state index contributed by atoms with van der Waals surface area (Å²) in [4.78, 5) is 2.36. The molecule has 18 heavy (non-hydrogen) atoms. The van der Waals surface area contributed by atoms with Crippen molar-refractivity contribution in [3.05, 3.63) is 0 Å². The van der Waals surface area contributed by atoms with Gasteiger partial charge in [0.05, 0.1) is 18.3 Å². The topological polar surface area (TPSA) is 41.9 Å². The van der Waals surface area contributed by atoms with Crippen LogP contribution in [0, 0.1) is 0 Å². The van der Waals surface area contributed by atoms with Crippen molar-refractivity contribution in [3.8, 4) is 0 Å². The first-order chi connectivity index (χ1) is 8.78. The van der Waals surface area contributed by atoms with Gasteiger partial charge in [0.25, 0.3) is 0 Å². The van der Waals surface area contributed by atoms with Crippen LogP contribution in [0.15, 0.2) is 0 Å². The van der Waals surface area contributed by atoms with Gasteiger partial charge in [-0.3, -0.25) is 0 Å². The lowest BCUT2D eigenvalue weighted by Gasteiger charge is -2.35. The zero-order valence-electron chi connectivity index (χ0n) is 11.5. The summed E-state index contributed by atoms with van der Waals surface area (Å²) in [5, 5.41) is 9.65. The Morgan fingerprint density at radius 1 is 1.17 bits per heavy atom. The lowest BCUT2D eigenvalue weighted by molar-refractivity contribution is -0.0864. The molecule has 2 saturated heterocycles. The van der Waals surface area contributed by atoms with Gasteiger partial charge in [-0.25, -0.2) is 0 Å². The van der Waals surface area contributed by atoms with Crippen molar-refractivity contribution in [1.82, 2.24) is 4.90 Å². The molecule has 4 heteroatoms. The van der Waals surface area contributed by atoms with Crippen LogP contribution in [0.25, 0.3) is 0 Å². The maximum atomic E-state index is 9.65. The van der Waals surface area contributed by atoms with Gasteiger partial charge in [0, 0.05) is 32.8 Å². The molecule has 0 spiro atoms. The van der Waals surface area contributed by atoms with E-state index in [1.165, 1.54) is 0 Å². The summed E-state index contributed by atoms with van der Waals surface area (Å²) < 4.78 is 11.5. The molecule has 2 heterocycles. The average molecular weight is 257 g/mol. The summed E-state index contributed by atoms with van der Waals surface area (Å²) in [6.45, 7) is 6.68. The molecule has 0 bridgehead atoms. The Kier molecular flexibility index (Phi) is 5.89. The minimum Gasteiger partial charge on any atom is -0.392 e. The van der Waals surface area contributed by atoms with Crippen molar-refractivity contribution in [2.24, 2.45) is 0 Å². The number of β-amino-alcohol motifs (C(OH)–C–C–N with tert-alkyl or cyclic N) is 1. The van der Waals surface area contributed by atoms with E-state index >= 15 is 0 Å². The summed E-state index contributed by atoms with van der Waals surface area (Å²) in [6.07, 6.45) is 5.82. The Bertz CT molecular complexity index is 223. The molecule has 1 atom stereocenters. The Labute approximate surface area is 110 Å². The molecule has 2 rings (SSSR count). The molecule has 2 aliphatic rings. The first kappa shape index (κ1) is 14.3. The summed E-state index contributed by atoms with van der Waals surface area (Å²) in [5.41, 5.74) is 0. The normalized spacial score (nSPS) is 26.3. The molecular weight excluding hydrogens is 230 g/mol. The second kappa shape index (κ2) is 7.43. The number of nitrogens with zero attached hydrogens (tertiary/aromatic N) is 1. The first-order valence-corrected chi connectivity index (χ1v) is 7.41. The van der Waals surface area contributed by atoms with Gasteiger partial charge in [-0.1, -0.05) is 6.92 Å². The van der Waals surface area contributed by atoms with Gasteiger partial charge in [-0.15, -0.1) is 0 Å². The van der Waals surface area contributed by atoms with Crippen LogP contribution in [0.4, 0.5) is 0 Å². The predicted octanol–water partition coefficient (Wildman–Crippen LogP) is 1.42. The molecule has 1 N–H and O–H groups in total. The summed E-state index contributed by atoms with van der Waals surface area (Å²) in [6, 6.07) is 0. The van der Waals surface area contributed by atoms with Crippen molar-refractivity contribution in [3.63, 3.8) is 0 Å². The smallest absolute Gasteiger partial charge is 0.0664 e. The minimum atomic E-state index is -0.169. The van der Waals surface area contributed by atoms with Crippen LogP contribution < -0.4 is 0 Å². The second-order valence-corrected chi connectivity index (χ2v) is 5.51. The molecule has 0 radical (unpaired) electrons. The average Bonchev–Trinajstić information content (AvgIpc) is 2.42. The van der Waals surface area contributed by atoms with E-state index < -0.39 is 0 Å². The zero-order valence-corrected chi connectivity index (χ0v) is 11.5. The van der Waals surface area contributed by atoms with Gasteiger partial charge < -0.3 is 19.5 Å². The predicted molar refractivity (Wildman–Crippen MR) is 70.7 cm³/mol. The summed E-state index contributed by atoms with van der Waals surface area (Å²) in [7, 11) is 0. The largest absolute Gasteiger partial charge is 0.392 e. The number of piperidine rings is 1. The summed E-state index contributed by atoms with van der Waals surface area (Å²) in [5.74, 6) is 0. The number of aliphatic hydroxyl groups excluding tert-OH is 1. The lowest BCUT2D eigenvalue weighted by Crippen LogP contribution is -2.42. The highest BCUT2D eigenvalue weighted by molar-refractivity contribution is 4.76. The van der Waals surface area contributed by atoms with Crippen molar-refractivity contribution >= 4 is 0 Å². The molecule has 0 saturated carbocycles. The number of hydrogen-bond donors (Lipinski definition) is 1. The van der Waals surface area contributed by atoms with Gasteiger partial charge in [-0.2, -0.15) is 0 Å². The third-order valence-corrected chi connectivity index (χ3v) is 4.03. The Hall–Kier alpha value is -0.160. The molecule has 106 valence electrons.